The highest BCUT2D eigenvalue weighted by molar-refractivity contribution is 5.57. The minimum Gasteiger partial charge on any atom is -0.494 e. The number of anilines is 1. The molecule has 0 aliphatic heterocycles. The summed E-state index contributed by atoms with van der Waals surface area (Å²) >= 11 is 0. The van der Waals surface area contributed by atoms with Crippen LogP contribution in [0.15, 0.2) is 97.3 Å². The van der Waals surface area contributed by atoms with E-state index in [2.05, 4.69) is 13.2 Å². The molecule has 0 spiro atoms. The SMILES string of the molecule is C=C(C(C(=C)N(CCc1ccc(C(F)(F)F)cc1)c1ccc(OC)c(F)c1)c1ccccc1)N(C)C. The Labute approximate surface area is 209 Å². The topological polar surface area (TPSA) is 15.7 Å². The molecule has 0 aliphatic rings. The summed E-state index contributed by atoms with van der Waals surface area (Å²) in [4.78, 5) is 3.79. The summed E-state index contributed by atoms with van der Waals surface area (Å²) in [6, 6.07) is 19.5. The van der Waals surface area contributed by atoms with E-state index in [1.165, 1.54) is 25.3 Å². The van der Waals surface area contributed by atoms with Gasteiger partial charge in [-0.25, -0.2) is 4.39 Å². The largest absolute Gasteiger partial charge is 0.494 e. The Kier molecular flexibility index (Phi) is 8.45. The lowest BCUT2D eigenvalue weighted by molar-refractivity contribution is -0.137. The number of benzene rings is 3. The average Bonchev–Trinajstić information content (AvgIpc) is 2.84. The van der Waals surface area contributed by atoms with Crippen LogP contribution < -0.4 is 9.64 Å². The van der Waals surface area contributed by atoms with Gasteiger partial charge in [0.15, 0.2) is 11.6 Å². The lowest BCUT2D eigenvalue weighted by Gasteiger charge is -2.35. The summed E-state index contributed by atoms with van der Waals surface area (Å²) in [5.41, 5.74) is 3.00. The third-order valence-corrected chi connectivity index (χ3v) is 6.07. The number of halogens is 4. The number of methoxy groups -OCH3 is 1. The highest BCUT2D eigenvalue weighted by atomic mass is 19.4. The van der Waals surface area contributed by atoms with Crippen LogP contribution in [0.3, 0.4) is 0 Å². The molecule has 3 aromatic rings. The fraction of sp³-hybridized carbons (Fsp3) is 0.241. The summed E-state index contributed by atoms with van der Waals surface area (Å²) in [5, 5.41) is 0. The molecule has 0 N–H and O–H groups in total. The number of ether oxygens (including phenoxy) is 1. The van der Waals surface area contributed by atoms with Crippen molar-refractivity contribution in [3.8, 4) is 5.75 Å². The van der Waals surface area contributed by atoms with Crippen molar-refractivity contribution in [2.75, 3.05) is 32.6 Å². The van der Waals surface area contributed by atoms with Crippen molar-refractivity contribution < 1.29 is 22.3 Å². The van der Waals surface area contributed by atoms with E-state index in [9.17, 15) is 17.6 Å². The van der Waals surface area contributed by atoms with Crippen LogP contribution in [0.25, 0.3) is 0 Å². The molecule has 3 nitrogen and oxygen atoms in total. The number of hydrogen-bond acceptors (Lipinski definition) is 3. The van der Waals surface area contributed by atoms with Gasteiger partial charge in [-0.3, -0.25) is 0 Å². The third kappa shape index (κ3) is 6.27. The van der Waals surface area contributed by atoms with Crippen LogP contribution in [0.2, 0.25) is 0 Å². The second-order valence-corrected chi connectivity index (χ2v) is 8.64. The number of rotatable bonds is 10. The molecule has 3 rings (SSSR count). The van der Waals surface area contributed by atoms with E-state index in [1.54, 1.807) is 12.1 Å². The van der Waals surface area contributed by atoms with E-state index in [4.69, 9.17) is 4.74 Å². The maximum Gasteiger partial charge on any atom is 0.416 e. The normalized spacial score (nSPS) is 12.1. The molecular weight excluding hydrogens is 468 g/mol. The van der Waals surface area contributed by atoms with Gasteiger partial charge in [0.1, 0.15) is 0 Å². The molecule has 0 radical (unpaired) electrons. The van der Waals surface area contributed by atoms with Crippen molar-refractivity contribution in [2.24, 2.45) is 0 Å². The zero-order chi connectivity index (χ0) is 26.5. The molecule has 0 aliphatic carbocycles. The standard InChI is InChI=1S/C29H30F4N2O/c1-20(34(3)4)28(23-9-7-6-8-10-23)21(2)35(25-15-16-27(36-5)26(30)19-25)18-17-22-11-13-24(14-12-22)29(31,32)33/h6-16,19,28H,1-2,17-18H2,3-5H3. The smallest absolute Gasteiger partial charge is 0.416 e. The molecule has 0 saturated heterocycles. The van der Waals surface area contributed by atoms with Crippen molar-refractivity contribution in [3.05, 3.63) is 120 Å². The molecule has 0 amide bonds. The minimum atomic E-state index is -4.39. The number of hydrogen-bond donors (Lipinski definition) is 0. The van der Waals surface area contributed by atoms with Crippen LogP contribution in [-0.2, 0) is 12.6 Å². The minimum absolute atomic E-state index is 0.115. The van der Waals surface area contributed by atoms with Gasteiger partial charge in [-0.05, 0) is 41.8 Å². The summed E-state index contributed by atoms with van der Waals surface area (Å²) < 4.78 is 58.7. The van der Waals surface area contributed by atoms with Crippen LogP contribution in [0.1, 0.15) is 22.6 Å². The zero-order valence-electron chi connectivity index (χ0n) is 20.6. The van der Waals surface area contributed by atoms with Crippen LogP contribution in [-0.4, -0.2) is 32.6 Å². The van der Waals surface area contributed by atoms with E-state index in [1.807, 2.05) is 54.2 Å². The summed E-state index contributed by atoms with van der Waals surface area (Å²) in [6.07, 6.45) is -3.98. The average molecular weight is 499 g/mol. The van der Waals surface area contributed by atoms with E-state index in [0.29, 0.717) is 24.4 Å². The van der Waals surface area contributed by atoms with Crippen molar-refractivity contribution in [3.63, 3.8) is 0 Å². The molecule has 0 aromatic heterocycles. The van der Waals surface area contributed by atoms with Crippen LogP contribution in [0, 0.1) is 5.82 Å². The Morgan fingerprint density at radius 3 is 2.08 bits per heavy atom. The van der Waals surface area contributed by atoms with Gasteiger partial charge in [-0.2, -0.15) is 13.2 Å². The molecule has 0 bridgehead atoms. The van der Waals surface area contributed by atoms with Gasteiger partial charge in [-0.1, -0.05) is 55.6 Å². The maximum absolute atomic E-state index is 14.7. The zero-order valence-corrected chi connectivity index (χ0v) is 20.6. The molecule has 3 aromatic carbocycles. The lowest BCUT2D eigenvalue weighted by atomic mass is 9.91. The Morgan fingerprint density at radius 2 is 1.56 bits per heavy atom. The molecule has 0 saturated carbocycles. The first-order valence-electron chi connectivity index (χ1n) is 11.4. The van der Waals surface area contributed by atoms with Gasteiger partial charge in [0.2, 0.25) is 0 Å². The lowest BCUT2D eigenvalue weighted by Crippen LogP contribution is -2.31. The number of likely N-dealkylation sites (N-methyl/N-ethyl adjacent to an activating group) is 1. The molecule has 0 fully saturated rings. The Bertz CT molecular complexity index is 1190. The summed E-state index contributed by atoms with van der Waals surface area (Å²) in [6.45, 7) is 9.00. The van der Waals surface area contributed by atoms with Crippen molar-refractivity contribution in [1.82, 2.24) is 4.90 Å². The van der Waals surface area contributed by atoms with Crippen molar-refractivity contribution >= 4 is 5.69 Å². The Hall–Kier alpha value is -3.74. The molecule has 7 heteroatoms. The summed E-state index contributed by atoms with van der Waals surface area (Å²) in [7, 11) is 5.18. The van der Waals surface area contributed by atoms with E-state index in [0.717, 1.165) is 29.0 Å². The molecule has 36 heavy (non-hydrogen) atoms. The first-order valence-corrected chi connectivity index (χ1v) is 11.4. The van der Waals surface area contributed by atoms with Crippen molar-refractivity contribution in [2.45, 2.75) is 18.5 Å². The molecule has 1 unspecified atom stereocenters. The molecular formula is C29H30F4N2O. The Morgan fingerprint density at radius 1 is 0.917 bits per heavy atom. The number of nitrogens with zero attached hydrogens (tertiary/aromatic N) is 2. The number of alkyl halides is 3. The summed E-state index contributed by atoms with van der Waals surface area (Å²) in [5.74, 6) is -0.714. The second-order valence-electron chi connectivity index (χ2n) is 8.64. The highest BCUT2D eigenvalue weighted by Gasteiger charge is 2.30. The second kappa shape index (κ2) is 11.3. The van der Waals surface area contributed by atoms with Gasteiger partial charge in [0.05, 0.1) is 18.6 Å². The predicted octanol–water partition coefficient (Wildman–Crippen LogP) is 7.28. The van der Waals surface area contributed by atoms with Crippen LogP contribution >= 0.6 is 0 Å². The quantitative estimate of drug-likeness (QED) is 0.273. The van der Waals surface area contributed by atoms with Gasteiger partial charge in [0, 0.05) is 43.8 Å². The van der Waals surface area contributed by atoms with Gasteiger partial charge in [0.25, 0.3) is 0 Å². The van der Waals surface area contributed by atoms with Crippen molar-refractivity contribution in [1.29, 1.82) is 0 Å². The third-order valence-electron chi connectivity index (χ3n) is 6.07. The first kappa shape index (κ1) is 26.9. The molecule has 0 heterocycles. The van der Waals surface area contributed by atoms with E-state index >= 15 is 0 Å². The van der Waals surface area contributed by atoms with Gasteiger partial charge in [-0.15, -0.1) is 0 Å². The van der Waals surface area contributed by atoms with Crippen LogP contribution in [0.5, 0.6) is 5.75 Å². The fourth-order valence-corrected chi connectivity index (χ4v) is 4.00. The first-order chi connectivity index (χ1) is 17.0. The van der Waals surface area contributed by atoms with Crippen LogP contribution in [0.4, 0.5) is 23.2 Å². The fourth-order valence-electron chi connectivity index (χ4n) is 4.00. The van der Waals surface area contributed by atoms with Gasteiger partial charge >= 0.3 is 6.18 Å². The monoisotopic (exact) mass is 498 g/mol. The predicted molar refractivity (Wildman–Crippen MR) is 137 cm³/mol. The highest BCUT2D eigenvalue weighted by Crippen LogP contribution is 2.37. The Balaban J connectivity index is 1.99. The molecule has 1 atom stereocenters. The van der Waals surface area contributed by atoms with E-state index in [-0.39, 0.29) is 11.7 Å². The van der Waals surface area contributed by atoms with E-state index < -0.39 is 17.6 Å². The maximum atomic E-state index is 14.7. The van der Waals surface area contributed by atoms with Gasteiger partial charge < -0.3 is 14.5 Å². The molecule has 190 valence electrons.